The normalized spacial score (nSPS) is 11.8. The number of sulfonamides is 1. The van der Waals surface area contributed by atoms with E-state index in [0.29, 0.717) is 5.92 Å². The number of nitrogens with zero attached hydrogens (tertiary/aromatic N) is 1. The van der Waals surface area contributed by atoms with Crippen molar-refractivity contribution in [3.05, 3.63) is 65.2 Å². The molecular formula is C19H23NO5S. The second-order valence-corrected chi connectivity index (χ2v) is 8.03. The number of esters is 1. The van der Waals surface area contributed by atoms with Crippen LogP contribution < -0.4 is 0 Å². The Morgan fingerprint density at radius 3 is 2.12 bits per heavy atom. The third kappa shape index (κ3) is 4.69. The fourth-order valence-corrected chi connectivity index (χ4v) is 3.21. The second-order valence-electron chi connectivity index (χ2n) is 6.09. The third-order valence-electron chi connectivity index (χ3n) is 4.00. The Labute approximate surface area is 154 Å². The zero-order valence-corrected chi connectivity index (χ0v) is 16.1. The van der Waals surface area contributed by atoms with Gasteiger partial charge in [0.05, 0.1) is 17.6 Å². The predicted octanol–water partition coefficient (Wildman–Crippen LogP) is 3.35. The van der Waals surface area contributed by atoms with Crippen molar-refractivity contribution in [3.63, 3.8) is 0 Å². The highest BCUT2D eigenvalue weighted by Crippen LogP contribution is 2.17. The van der Waals surface area contributed by atoms with E-state index >= 15 is 0 Å². The molecule has 0 heterocycles. The molecule has 0 radical (unpaired) electrons. The lowest BCUT2D eigenvalue weighted by atomic mass is 10.0. The summed E-state index contributed by atoms with van der Waals surface area (Å²) in [5.41, 5.74) is 2.39. The maximum absolute atomic E-state index is 12.1. The summed E-state index contributed by atoms with van der Waals surface area (Å²) in [7, 11) is -1.18. The van der Waals surface area contributed by atoms with Crippen molar-refractivity contribution in [2.24, 2.45) is 0 Å². The molecule has 0 spiro atoms. The molecule has 0 saturated carbocycles. The van der Waals surface area contributed by atoms with Crippen LogP contribution in [0, 0.1) is 0 Å². The summed E-state index contributed by atoms with van der Waals surface area (Å²) in [4.78, 5) is 16.9. The first-order valence-electron chi connectivity index (χ1n) is 8.14. The third-order valence-corrected chi connectivity index (χ3v) is 5.69. The van der Waals surface area contributed by atoms with Crippen molar-refractivity contribution in [2.45, 2.75) is 31.3 Å². The van der Waals surface area contributed by atoms with E-state index in [1.165, 1.54) is 44.0 Å². The first-order valence-corrected chi connectivity index (χ1v) is 9.58. The van der Waals surface area contributed by atoms with Gasteiger partial charge in [-0.2, -0.15) is 0 Å². The molecule has 0 saturated heterocycles. The first kappa shape index (κ1) is 20.1. The van der Waals surface area contributed by atoms with Crippen LogP contribution in [0.15, 0.2) is 53.4 Å². The Morgan fingerprint density at radius 2 is 1.62 bits per heavy atom. The zero-order valence-electron chi connectivity index (χ0n) is 15.3. The van der Waals surface area contributed by atoms with Crippen LogP contribution in [0.5, 0.6) is 0 Å². The van der Waals surface area contributed by atoms with Crippen LogP contribution in [0.1, 0.15) is 41.3 Å². The van der Waals surface area contributed by atoms with Crippen molar-refractivity contribution in [1.82, 2.24) is 4.47 Å². The largest absolute Gasteiger partial charge is 0.457 e. The number of ether oxygens (including phenoxy) is 1. The van der Waals surface area contributed by atoms with Gasteiger partial charge in [-0.25, -0.2) is 13.2 Å². The number of hydroxylamine groups is 1. The predicted molar refractivity (Wildman–Crippen MR) is 98.1 cm³/mol. The highest BCUT2D eigenvalue weighted by molar-refractivity contribution is 7.89. The molecule has 140 valence electrons. The smallest absolute Gasteiger partial charge is 0.338 e. The van der Waals surface area contributed by atoms with Crippen LogP contribution >= 0.6 is 0 Å². The Bertz CT molecular complexity index is 843. The Morgan fingerprint density at radius 1 is 1.04 bits per heavy atom. The van der Waals surface area contributed by atoms with Gasteiger partial charge in [-0.05, 0) is 41.3 Å². The fourth-order valence-electron chi connectivity index (χ4n) is 2.24. The quantitative estimate of drug-likeness (QED) is 0.546. The van der Waals surface area contributed by atoms with E-state index in [4.69, 9.17) is 9.57 Å². The average molecular weight is 377 g/mol. The molecule has 2 aromatic rings. The van der Waals surface area contributed by atoms with E-state index in [1.54, 1.807) is 0 Å². The molecular weight excluding hydrogens is 354 g/mol. The Balaban J connectivity index is 2.02. The molecule has 2 aromatic carbocycles. The molecule has 0 aliphatic heterocycles. The van der Waals surface area contributed by atoms with E-state index < -0.39 is 16.0 Å². The van der Waals surface area contributed by atoms with E-state index in [0.717, 1.165) is 10.0 Å². The van der Waals surface area contributed by atoms with Crippen molar-refractivity contribution >= 4 is 16.0 Å². The molecule has 7 heteroatoms. The number of rotatable bonds is 7. The van der Waals surface area contributed by atoms with Crippen LogP contribution in [0.3, 0.4) is 0 Å². The molecule has 0 amide bonds. The maximum Gasteiger partial charge on any atom is 0.338 e. The van der Waals surface area contributed by atoms with E-state index in [9.17, 15) is 13.2 Å². The minimum absolute atomic E-state index is 0.0303. The monoisotopic (exact) mass is 377 g/mol. The van der Waals surface area contributed by atoms with Gasteiger partial charge < -0.3 is 4.74 Å². The van der Waals surface area contributed by atoms with Gasteiger partial charge in [0.25, 0.3) is 10.0 Å². The highest BCUT2D eigenvalue weighted by atomic mass is 32.2. The molecule has 0 N–H and O–H groups in total. The van der Waals surface area contributed by atoms with Crippen LogP contribution in [-0.4, -0.2) is 33.0 Å². The Kier molecular flexibility index (Phi) is 6.52. The van der Waals surface area contributed by atoms with Gasteiger partial charge >= 0.3 is 5.97 Å². The molecule has 26 heavy (non-hydrogen) atoms. The van der Waals surface area contributed by atoms with Crippen LogP contribution in [0.2, 0.25) is 0 Å². The number of benzene rings is 2. The molecule has 6 nitrogen and oxygen atoms in total. The van der Waals surface area contributed by atoms with E-state index in [1.807, 2.05) is 24.3 Å². The standard InChI is InChI=1S/C19H23NO5S/c1-14(2)16-7-5-15(6-8-16)13-25-19(21)17-9-11-18(12-10-17)26(22,23)20(3)24-4/h5-12,14H,13H2,1-4H3. The lowest BCUT2D eigenvalue weighted by Gasteiger charge is -2.14. The van der Waals surface area contributed by atoms with Gasteiger partial charge in [-0.15, -0.1) is 0 Å². The van der Waals surface area contributed by atoms with Crippen molar-refractivity contribution < 1.29 is 22.8 Å². The zero-order chi connectivity index (χ0) is 19.3. The molecule has 2 rings (SSSR count). The lowest BCUT2D eigenvalue weighted by Crippen LogP contribution is -2.25. The molecule has 0 aliphatic carbocycles. The summed E-state index contributed by atoms with van der Waals surface area (Å²) in [5.74, 6) is -0.0690. The van der Waals surface area contributed by atoms with Gasteiger partial charge in [0.15, 0.2) is 0 Å². The molecule has 0 aromatic heterocycles. The lowest BCUT2D eigenvalue weighted by molar-refractivity contribution is -0.0258. The van der Waals surface area contributed by atoms with Gasteiger partial charge in [0.1, 0.15) is 6.61 Å². The summed E-state index contributed by atoms with van der Waals surface area (Å²) in [5, 5.41) is 0. The summed E-state index contributed by atoms with van der Waals surface area (Å²) in [6.07, 6.45) is 0. The summed E-state index contributed by atoms with van der Waals surface area (Å²) < 4.78 is 30.3. The summed E-state index contributed by atoms with van der Waals surface area (Å²) in [6.45, 7) is 4.39. The summed E-state index contributed by atoms with van der Waals surface area (Å²) >= 11 is 0. The topological polar surface area (TPSA) is 72.9 Å². The Hall–Kier alpha value is -2.22. The molecule has 0 fully saturated rings. The van der Waals surface area contributed by atoms with Crippen LogP contribution in [0.25, 0.3) is 0 Å². The van der Waals surface area contributed by atoms with Crippen molar-refractivity contribution in [3.8, 4) is 0 Å². The molecule has 0 atom stereocenters. The maximum atomic E-state index is 12.1. The van der Waals surface area contributed by atoms with Gasteiger partial charge in [0.2, 0.25) is 0 Å². The number of hydrogen-bond acceptors (Lipinski definition) is 5. The van der Waals surface area contributed by atoms with Gasteiger partial charge in [-0.3, -0.25) is 4.84 Å². The molecule has 0 unspecified atom stereocenters. The number of carbonyl (C=O) groups excluding carboxylic acids is 1. The fraction of sp³-hybridized carbons (Fsp3) is 0.316. The number of hydrogen-bond donors (Lipinski definition) is 0. The SMILES string of the molecule is CON(C)S(=O)(=O)c1ccc(C(=O)OCc2ccc(C(C)C)cc2)cc1. The molecule has 0 bridgehead atoms. The molecule has 0 aliphatic rings. The van der Waals surface area contributed by atoms with E-state index in [2.05, 4.69) is 13.8 Å². The van der Waals surface area contributed by atoms with Crippen molar-refractivity contribution in [2.75, 3.05) is 14.2 Å². The first-order chi connectivity index (χ1) is 12.3. The van der Waals surface area contributed by atoms with Crippen molar-refractivity contribution in [1.29, 1.82) is 0 Å². The van der Waals surface area contributed by atoms with Gasteiger partial charge in [0, 0.05) is 7.05 Å². The highest BCUT2D eigenvalue weighted by Gasteiger charge is 2.21. The minimum atomic E-state index is -3.74. The van der Waals surface area contributed by atoms with E-state index in [-0.39, 0.29) is 17.1 Å². The second kappa shape index (κ2) is 8.44. The average Bonchev–Trinajstić information content (AvgIpc) is 2.65. The number of carbonyl (C=O) groups is 1. The minimum Gasteiger partial charge on any atom is -0.457 e. The summed E-state index contributed by atoms with van der Waals surface area (Å²) in [6, 6.07) is 13.4. The van der Waals surface area contributed by atoms with Gasteiger partial charge in [-0.1, -0.05) is 42.6 Å². The van der Waals surface area contributed by atoms with Crippen LogP contribution in [0.4, 0.5) is 0 Å². The van der Waals surface area contributed by atoms with Crippen LogP contribution in [-0.2, 0) is 26.2 Å².